The Bertz CT molecular complexity index is 586. The van der Waals surface area contributed by atoms with Crippen molar-refractivity contribution in [2.45, 2.75) is 9.79 Å². The van der Waals surface area contributed by atoms with Crippen LogP contribution in [0.25, 0.3) is 0 Å². The highest BCUT2D eigenvalue weighted by molar-refractivity contribution is 7.99. The summed E-state index contributed by atoms with van der Waals surface area (Å²) >= 11 is 1.37. The molecule has 4 nitrogen and oxygen atoms in total. The van der Waals surface area contributed by atoms with Gasteiger partial charge in [0, 0.05) is 16.0 Å². The number of carbonyl (C=O) groups is 1. The number of carbonyl (C=O) groups excluding carboxylic acids is 1. The molecule has 6 heteroatoms. The first-order chi connectivity index (χ1) is 8.56. The number of nitrogen functional groups attached to an aromatic ring is 1. The topological polar surface area (TPSA) is 82.0 Å². The van der Waals surface area contributed by atoms with Crippen LogP contribution in [0.3, 0.4) is 0 Å². The molecule has 0 bridgehead atoms. The first kappa shape index (κ1) is 12.4. The fourth-order valence-corrected chi connectivity index (χ4v) is 2.20. The lowest BCUT2D eigenvalue weighted by atomic mass is 10.3. The number of halogens is 1. The number of nitrogens with two attached hydrogens (primary N) is 2. The van der Waals surface area contributed by atoms with Gasteiger partial charge in [-0.15, -0.1) is 0 Å². The Kier molecular flexibility index (Phi) is 3.47. The molecule has 92 valence electrons. The number of aromatic nitrogens is 1. The summed E-state index contributed by atoms with van der Waals surface area (Å²) in [6.45, 7) is 0. The molecule has 0 saturated carbocycles. The van der Waals surface area contributed by atoms with Crippen molar-refractivity contribution in [2.24, 2.45) is 5.73 Å². The first-order valence-electron chi connectivity index (χ1n) is 5.05. The zero-order valence-electron chi connectivity index (χ0n) is 9.26. The van der Waals surface area contributed by atoms with Crippen LogP contribution in [0.4, 0.5) is 10.1 Å². The van der Waals surface area contributed by atoms with Gasteiger partial charge in [0.15, 0.2) is 5.69 Å². The molecule has 0 aliphatic rings. The van der Waals surface area contributed by atoms with E-state index in [1.807, 2.05) is 0 Å². The number of primary amides is 1. The fraction of sp³-hybridized carbons (Fsp3) is 0. The molecule has 0 saturated heterocycles. The number of amides is 1. The summed E-state index contributed by atoms with van der Waals surface area (Å²) in [5.74, 6) is -0.952. The van der Waals surface area contributed by atoms with E-state index in [0.717, 1.165) is 9.79 Å². The minimum atomic E-state index is -0.661. The zero-order valence-corrected chi connectivity index (χ0v) is 10.1. The smallest absolute Gasteiger partial charge is 0.269 e. The number of nitrogens with zero attached hydrogens (tertiary/aromatic N) is 1. The molecule has 4 N–H and O–H groups in total. The number of benzene rings is 1. The van der Waals surface area contributed by atoms with Crippen LogP contribution in [0.15, 0.2) is 46.3 Å². The second-order valence-corrected chi connectivity index (χ2v) is 4.68. The summed E-state index contributed by atoms with van der Waals surface area (Å²) in [5, 5.41) is 0. The van der Waals surface area contributed by atoms with E-state index in [2.05, 4.69) is 4.98 Å². The van der Waals surface area contributed by atoms with Gasteiger partial charge >= 0.3 is 0 Å². The Hall–Kier alpha value is -2.08. The van der Waals surface area contributed by atoms with Crippen LogP contribution >= 0.6 is 11.8 Å². The standard InChI is InChI=1S/C12H10FN3OS/c13-7-1-3-8(4-2-7)18-9-5-10(14)11(12(15)17)16-6-9/h1-6H,14H2,(H2,15,17). The molecular formula is C12H10FN3OS. The van der Waals surface area contributed by atoms with E-state index < -0.39 is 5.91 Å². The third kappa shape index (κ3) is 2.78. The van der Waals surface area contributed by atoms with Gasteiger partial charge in [-0.25, -0.2) is 9.37 Å². The lowest BCUT2D eigenvalue weighted by molar-refractivity contribution is 0.0996. The SMILES string of the molecule is NC(=O)c1ncc(Sc2ccc(F)cc2)cc1N. The van der Waals surface area contributed by atoms with E-state index in [1.165, 1.54) is 30.1 Å². The van der Waals surface area contributed by atoms with Crippen molar-refractivity contribution < 1.29 is 9.18 Å². The molecule has 0 fully saturated rings. The third-order valence-corrected chi connectivity index (χ3v) is 3.14. The minimum absolute atomic E-state index is 0.0541. The van der Waals surface area contributed by atoms with Crippen LogP contribution in [0, 0.1) is 5.82 Å². The molecule has 2 rings (SSSR count). The van der Waals surface area contributed by atoms with Crippen LogP contribution in [-0.2, 0) is 0 Å². The number of anilines is 1. The number of rotatable bonds is 3. The summed E-state index contributed by atoms with van der Waals surface area (Å²) in [6, 6.07) is 7.66. The number of pyridine rings is 1. The normalized spacial score (nSPS) is 10.3. The predicted molar refractivity (Wildman–Crippen MR) is 67.7 cm³/mol. The van der Waals surface area contributed by atoms with Crippen molar-refractivity contribution in [2.75, 3.05) is 5.73 Å². The second-order valence-electron chi connectivity index (χ2n) is 3.53. The van der Waals surface area contributed by atoms with Gasteiger partial charge in [-0.3, -0.25) is 4.79 Å². The van der Waals surface area contributed by atoms with Gasteiger partial charge in [0.2, 0.25) is 0 Å². The maximum atomic E-state index is 12.7. The Balaban J connectivity index is 2.22. The van der Waals surface area contributed by atoms with Crippen molar-refractivity contribution in [3.63, 3.8) is 0 Å². The highest BCUT2D eigenvalue weighted by Crippen LogP contribution is 2.28. The van der Waals surface area contributed by atoms with Gasteiger partial charge in [0.05, 0.1) is 5.69 Å². The Morgan fingerprint density at radius 2 is 1.89 bits per heavy atom. The van der Waals surface area contributed by atoms with Crippen LogP contribution in [0.5, 0.6) is 0 Å². The van der Waals surface area contributed by atoms with Crippen molar-refractivity contribution in [3.05, 3.63) is 48.0 Å². The first-order valence-corrected chi connectivity index (χ1v) is 5.86. The zero-order chi connectivity index (χ0) is 13.1. The van der Waals surface area contributed by atoms with Gasteiger partial charge in [0.1, 0.15) is 5.82 Å². The van der Waals surface area contributed by atoms with Crippen molar-refractivity contribution >= 4 is 23.4 Å². The van der Waals surface area contributed by atoms with Crippen LogP contribution in [-0.4, -0.2) is 10.9 Å². The maximum absolute atomic E-state index is 12.7. The van der Waals surface area contributed by atoms with Gasteiger partial charge in [-0.2, -0.15) is 0 Å². The Morgan fingerprint density at radius 1 is 1.22 bits per heavy atom. The van der Waals surface area contributed by atoms with Crippen molar-refractivity contribution in [3.8, 4) is 0 Å². The average molecular weight is 263 g/mol. The van der Waals surface area contributed by atoms with E-state index in [4.69, 9.17) is 11.5 Å². The van der Waals surface area contributed by atoms with Gasteiger partial charge in [-0.05, 0) is 30.3 Å². The minimum Gasteiger partial charge on any atom is -0.397 e. The van der Waals surface area contributed by atoms with Gasteiger partial charge in [-0.1, -0.05) is 11.8 Å². The third-order valence-electron chi connectivity index (χ3n) is 2.17. The molecule has 1 heterocycles. The highest BCUT2D eigenvalue weighted by Gasteiger charge is 2.08. The summed E-state index contributed by atoms with van der Waals surface area (Å²) in [4.78, 5) is 16.5. The highest BCUT2D eigenvalue weighted by atomic mass is 32.2. The van der Waals surface area contributed by atoms with Gasteiger partial charge < -0.3 is 11.5 Å². The van der Waals surface area contributed by atoms with Gasteiger partial charge in [0.25, 0.3) is 5.91 Å². The molecule has 1 amide bonds. The maximum Gasteiger partial charge on any atom is 0.269 e. The van der Waals surface area contributed by atoms with Crippen molar-refractivity contribution in [1.29, 1.82) is 0 Å². The lowest BCUT2D eigenvalue weighted by Gasteiger charge is -2.04. The molecular weight excluding hydrogens is 253 g/mol. The van der Waals surface area contributed by atoms with Crippen molar-refractivity contribution in [1.82, 2.24) is 4.98 Å². The average Bonchev–Trinajstić information content (AvgIpc) is 2.32. The molecule has 2 aromatic rings. The quantitative estimate of drug-likeness (QED) is 0.888. The summed E-state index contributed by atoms with van der Waals surface area (Å²) < 4.78 is 12.7. The van der Waals surface area contributed by atoms with Crippen LogP contribution < -0.4 is 11.5 Å². The Labute approximate surface area is 107 Å². The molecule has 1 aromatic heterocycles. The Morgan fingerprint density at radius 3 is 2.44 bits per heavy atom. The predicted octanol–water partition coefficient (Wildman–Crippen LogP) is 2.05. The molecule has 0 aliphatic carbocycles. The molecule has 0 unspecified atom stereocenters. The van der Waals surface area contributed by atoms with E-state index in [0.29, 0.717) is 0 Å². The second kappa shape index (κ2) is 5.05. The largest absolute Gasteiger partial charge is 0.397 e. The van der Waals surface area contributed by atoms with Crippen LogP contribution in [0.1, 0.15) is 10.5 Å². The molecule has 0 atom stereocenters. The van der Waals surface area contributed by atoms with E-state index in [9.17, 15) is 9.18 Å². The van der Waals surface area contributed by atoms with Crippen LogP contribution in [0.2, 0.25) is 0 Å². The number of hydrogen-bond acceptors (Lipinski definition) is 4. The lowest BCUT2D eigenvalue weighted by Crippen LogP contribution is -2.15. The summed E-state index contributed by atoms with van der Waals surface area (Å²) in [6.07, 6.45) is 1.50. The molecule has 0 aliphatic heterocycles. The molecule has 0 spiro atoms. The number of hydrogen-bond donors (Lipinski definition) is 2. The van der Waals surface area contributed by atoms with E-state index in [1.54, 1.807) is 18.2 Å². The summed E-state index contributed by atoms with van der Waals surface area (Å²) in [7, 11) is 0. The molecule has 18 heavy (non-hydrogen) atoms. The van der Waals surface area contributed by atoms with E-state index >= 15 is 0 Å². The molecule has 1 aromatic carbocycles. The monoisotopic (exact) mass is 263 g/mol. The van der Waals surface area contributed by atoms with E-state index in [-0.39, 0.29) is 17.2 Å². The molecule has 0 radical (unpaired) electrons. The fourth-order valence-electron chi connectivity index (χ4n) is 1.36. The summed E-state index contributed by atoms with van der Waals surface area (Å²) in [5.41, 5.74) is 11.1.